The molecule has 19 heavy (non-hydrogen) atoms. The first-order valence-electron chi connectivity index (χ1n) is 5.27. The van der Waals surface area contributed by atoms with Crippen molar-refractivity contribution in [3.05, 3.63) is 44.2 Å². The number of aromatic nitrogens is 2. The lowest BCUT2D eigenvalue weighted by molar-refractivity contribution is 0.102. The number of phenolic OH excluding ortho intramolecular Hbond substituents is 1. The van der Waals surface area contributed by atoms with E-state index < -0.39 is 5.91 Å². The van der Waals surface area contributed by atoms with Crippen molar-refractivity contribution in [2.24, 2.45) is 0 Å². The van der Waals surface area contributed by atoms with Crippen molar-refractivity contribution in [3.63, 3.8) is 0 Å². The average molecular weight is 390 g/mol. The minimum atomic E-state index is -0.409. The third-order valence-corrected chi connectivity index (χ3v) is 3.36. The number of benzene rings is 1. The molecule has 1 heterocycles. The molecule has 0 unspecified atom stereocenters. The number of carbonyl (C=O) groups is 1. The average Bonchev–Trinajstić information content (AvgIpc) is 2.31. The van der Waals surface area contributed by atoms with Crippen LogP contribution in [0.4, 0.5) is 5.95 Å². The van der Waals surface area contributed by atoms with Gasteiger partial charge in [0, 0.05) is 11.3 Å². The predicted molar refractivity (Wildman–Crippen MR) is 80.6 cm³/mol. The molecule has 98 valence electrons. The van der Waals surface area contributed by atoms with Gasteiger partial charge in [0.1, 0.15) is 10.9 Å². The molecule has 0 radical (unpaired) electrons. The molecule has 0 saturated carbocycles. The van der Waals surface area contributed by atoms with Crippen LogP contribution >= 0.6 is 34.2 Å². The molecule has 0 fully saturated rings. The Morgan fingerprint density at radius 2 is 2.11 bits per heavy atom. The minimum absolute atomic E-state index is 0.0523. The van der Waals surface area contributed by atoms with Crippen molar-refractivity contribution in [2.75, 3.05) is 5.32 Å². The lowest BCUT2D eigenvalue weighted by Gasteiger charge is -2.06. The molecule has 2 aromatic rings. The number of halogens is 2. The van der Waals surface area contributed by atoms with Crippen LogP contribution in [0.1, 0.15) is 16.1 Å². The maximum absolute atomic E-state index is 12.0. The lowest BCUT2D eigenvalue weighted by Crippen LogP contribution is -2.14. The molecular formula is C12H9ClIN3O2. The second kappa shape index (κ2) is 5.70. The Balaban J connectivity index is 2.22. The minimum Gasteiger partial charge on any atom is -0.507 e. The fourth-order valence-corrected chi connectivity index (χ4v) is 1.99. The van der Waals surface area contributed by atoms with Gasteiger partial charge in [-0.25, -0.2) is 9.97 Å². The Kier molecular flexibility index (Phi) is 4.20. The van der Waals surface area contributed by atoms with Gasteiger partial charge >= 0.3 is 0 Å². The second-order valence-corrected chi connectivity index (χ2v) is 5.33. The van der Waals surface area contributed by atoms with E-state index in [9.17, 15) is 9.90 Å². The summed E-state index contributed by atoms with van der Waals surface area (Å²) in [6, 6.07) is 6.23. The largest absolute Gasteiger partial charge is 0.507 e. The van der Waals surface area contributed by atoms with E-state index in [1.54, 1.807) is 25.1 Å². The number of aromatic hydroxyl groups is 1. The summed E-state index contributed by atoms with van der Waals surface area (Å²) in [6.45, 7) is 1.75. The number of nitrogens with one attached hydrogen (secondary N) is 1. The van der Waals surface area contributed by atoms with E-state index in [1.807, 2.05) is 22.6 Å². The van der Waals surface area contributed by atoms with Crippen LogP contribution in [-0.2, 0) is 0 Å². The topological polar surface area (TPSA) is 75.1 Å². The van der Waals surface area contributed by atoms with E-state index >= 15 is 0 Å². The van der Waals surface area contributed by atoms with Crippen LogP contribution in [0.25, 0.3) is 0 Å². The molecule has 0 spiro atoms. The van der Waals surface area contributed by atoms with Crippen LogP contribution in [0.5, 0.6) is 5.75 Å². The van der Waals surface area contributed by atoms with Gasteiger partial charge in [-0.3, -0.25) is 10.1 Å². The number of hydrogen-bond donors (Lipinski definition) is 2. The SMILES string of the molecule is Cc1cc(Cl)nc(NC(=O)c2ccc(I)c(O)c2)n1. The first-order valence-corrected chi connectivity index (χ1v) is 6.72. The highest BCUT2D eigenvalue weighted by atomic mass is 127. The van der Waals surface area contributed by atoms with Gasteiger partial charge in [0.2, 0.25) is 5.95 Å². The molecule has 1 aromatic carbocycles. The molecule has 0 aliphatic rings. The predicted octanol–water partition coefficient (Wildman–Crippen LogP) is 3.00. The third-order valence-electron chi connectivity index (χ3n) is 2.26. The summed E-state index contributed by atoms with van der Waals surface area (Å²) >= 11 is 7.76. The fourth-order valence-electron chi connectivity index (χ4n) is 1.41. The number of hydrogen-bond acceptors (Lipinski definition) is 4. The molecule has 2 N–H and O–H groups in total. The smallest absolute Gasteiger partial charge is 0.258 e. The quantitative estimate of drug-likeness (QED) is 0.612. The van der Waals surface area contributed by atoms with Gasteiger partial charge in [-0.1, -0.05) is 11.6 Å². The molecule has 0 saturated heterocycles. The molecule has 0 aliphatic heterocycles. The van der Waals surface area contributed by atoms with E-state index in [0.717, 1.165) is 0 Å². The number of carbonyl (C=O) groups excluding carboxylic acids is 1. The Bertz CT molecular complexity index is 629. The van der Waals surface area contributed by atoms with E-state index in [4.69, 9.17) is 11.6 Å². The highest BCUT2D eigenvalue weighted by Crippen LogP contribution is 2.21. The zero-order chi connectivity index (χ0) is 14.0. The van der Waals surface area contributed by atoms with Gasteiger partial charge in [-0.15, -0.1) is 0 Å². The highest BCUT2D eigenvalue weighted by molar-refractivity contribution is 14.1. The van der Waals surface area contributed by atoms with Crippen molar-refractivity contribution < 1.29 is 9.90 Å². The van der Waals surface area contributed by atoms with Crippen LogP contribution in [-0.4, -0.2) is 21.0 Å². The van der Waals surface area contributed by atoms with E-state index in [2.05, 4.69) is 15.3 Å². The van der Waals surface area contributed by atoms with Crippen LogP contribution < -0.4 is 5.32 Å². The Morgan fingerprint density at radius 3 is 2.74 bits per heavy atom. The van der Waals surface area contributed by atoms with E-state index in [0.29, 0.717) is 14.8 Å². The summed E-state index contributed by atoms with van der Waals surface area (Å²) < 4.78 is 0.670. The van der Waals surface area contributed by atoms with Gasteiger partial charge in [0.05, 0.1) is 3.57 Å². The molecule has 2 rings (SSSR count). The lowest BCUT2D eigenvalue weighted by atomic mass is 10.2. The van der Waals surface area contributed by atoms with Crippen molar-refractivity contribution in [1.82, 2.24) is 9.97 Å². The Labute approximate surface area is 128 Å². The van der Waals surface area contributed by atoms with Crippen molar-refractivity contribution in [3.8, 4) is 5.75 Å². The summed E-state index contributed by atoms with van der Waals surface area (Å²) in [5.41, 5.74) is 0.972. The number of nitrogens with zero attached hydrogens (tertiary/aromatic N) is 2. The molecule has 7 heteroatoms. The van der Waals surface area contributed by atoms with Crippen molar-refractivity contribution >= 4 is 46.0 Å². The summed E-state index contributed by atoms with van der Waals surface area (Å²) in [5.74, 6) is -0.224. The Morgan fingerprint density at radius 1 is 1.37 bits per heavy atom. The van der Waals surface area contributed by atoms with Gasteiger partial charge < -0.3 is 5.11 Å². The summed E-state index contributed by atoms with van der Waals surface area (Å²) in [6.07, 6.45) is 0. The molecule has 0 atom stereocenters. The summed E-state index contributed by atoms with van der Waals surface area (Å²) in [4.78, 5) is 19.9. The first-order chi connectivity index (χ1) is 8.95. The maximum atomic E-state index is 12.0. The zero-order valence-electron chi connectivity index (χ0n) is 9.82. The molecule has 0 aliphatic carbocycles. The van der Waals surface area contributed by atoms with E-state index in [-0.39, 0.29) is 16.9 Å². The molecular weight excluding hydrogens is 381 g/mol. The Hall–Kier alpha value is -1.41. The number of anilines is 1. The van der Waals surface area contributed by atoms with Crippen LogP contribution in [0, 0.1) is 10.5 Å². The molecule has 1 aromatic heterocycles. The van der Waals surface area contributed by atoms with Crippen molar-refractivity contribution in [2.45, 2.75) is 6.92 Å². The number of rotatable bonds is 2. The number of phenols is 1. The van der Waals surface area contributed by atoms with Crippen molar-refractivity contribution in [1.29, 1.82) is 0 Å². The first kappa shape index (κ1) is 14.0. The van der Waals surface area contributed by atoms with Gasteiger partial charge in [-0.05, 0) is 53.8 Å². The normalized spacial score (nSPS) is 10.3. The number of amides is 1. The van der Waals surface area contributed by atoms with Gasteiger partial charge in [-0.2, -0.15) is 0 Å². The standard InChI is InChI=1S/C12H9ClIN3O2/c1-6-4-10(13)16-12(15-6)17-11(19)7-2-3-8(14)9(18)5-7/h2-5,18H,1H3,(H,15,16,17,19). The van der Waals surface area contributed by atoms with Gasteiger partial charge in [0.25, 0.3) is 5.91 Å². The number of aryl methyl sites for hydroxylation is 1. The zero-order valence-corrected chi connectivity index (χ0v) is 12.7. The fraction of sp³-hybridized carbons (Fsp3) is 0.0833. The van der Waals surface area contributed by atoms with Crippen LogP contribution in [0.15, 0.2) is 24.3 Å². The van der Waals surface area contributed by atoms with E-state index in [1.165, 1.54) is 6.07 Å². The monoisotopic (exact) mass is 389 g/mol. The maximum Gasteiger partial charge on any atom is 0.258 e. The summed E-state index contributed by atoms with van der Waals surface area (Å²) in [7, 11) is 0. The highest BCUT2D eigenvalue weighted by Gasteiger charge is 2.10. The molecule has 0 bridgehead atoms. The molecule has 5 nitrogen and oxygen atoms in total. The molecule has 1 amide bonds. The van der Waals surface area contributed by atoms with Gasteiger partial charge in [0.15, 0.2) is 0 Å². The van der Waals surface area contributed by atoms with Crippen LogP contribution in [0.2, 0.25) is 5.15 Å². The third kappa shape index (κ3) is 3.54. The summed E-state index contributed by atoms with van der Waals surface area (Å²) in [5, 5.41) is 12.3. The van der Waals surface area contributed by atoms with Crippen LogP contribution in [0.3, 0.4) is 0 Å². The second-order valence-electron chi connectivity index (χ2n) is 3.78.